The Morgan fingerprint density at radius 3 is 2.67 bits per heavy atom. The lowest BCUT2D eigenvalue weighted by atomic mass is 10.2. The number of benzene rings is 2. The fourth-order valence-corrected chi connectivity index (χ4v) is 1.46. The van der Waals surface area contributed by atoms with Gasteiger partial charge >= 0.3 is 0 Å². The molecule has 0 spiro atoms. The number of nitrogens with zero attached hydrogens (tertiary/aromatic N) is 1. The third kappa shape index (κ3) is 2.83. The van der Waals surface area contributed by atoms with Crippen LogP contribution < -0.4 is 4.74 Å². The van der Waals surface area contributed by atoms with Gasteiger partial charge in [0.2, 0.25) is 0 Å². The zero-order valence-electron chi connectivity index (χ0n) is 9.36. The summed E-state index contributed by atoms with van der Waals surface area (Å²) in [5.41, 5.74) is 0.728. The number of nitriles is 1. The van der Waals surface area contributed by atoms with E-state index in [1.54, 1.807) is 24.3 Å². The maximum Gasteiger partial charge on any atom is 0.132 e. The van der Waals surface area contributed by atoms with Gasteiger partial charge in [-0.1, -0.05) is 6.07 Å². The molecule has 0 heterocycles. The molecule has 2 aromatic carbocycles. The standard InChI is InChI=1S/C14H9F2NO/c15-12-5-4-11(14(16)7-12)9-18-13-3-1-2-10(6-13)8-17/h1-7H,9H2. The summed E-state index contributed by atoms with van der Waals surface area (Å²) in [5, 5.41) is 8.71. The summed E-state index contributed by atoms with van der Waals surface area (Å²) in [6.07, 6.45) is 0. The SMILES string of the molecule is N#Cc1cccc(OCc2ccc(F)cc2F)c1. The van der Waals surface area contributed by atoms with Gasteiger partial charge in [-0.2, -0.15) is 5.26 Å². The van der Waals surface area contributed by atoms with Crippen molar-refractivity contribution in [2.75, 3.05) is 0 Å². The van der Waals surface area contributed by atoms with Crippen LogP contribution in [-0.4, -0.2) is 0 Å². The van der Waals surface area contributed by atoms with Crippen LogP contribution in [0.4, 0.5) is 8.78 Å². The number of ether oxygens (including phenoxy) is 1. The van der Waals surface area contributed by atoms with E-state index in [-0.39, 0.29) is 12.2 Å². The monoisotopic (exact) mass is 245 g/mol. The molecule has 2 aromatic rings. The smallest absolute Gasteiger partial charge is 0.132 e. The average Bonchev–Trinajstić information content (AvgIpc) is 2.38. The van der Waals surface area contributed by atoms with E-state index in [0.717, 1.165) is 6.07 Å². The second kappa shape index (κ2) is 5.28. The van der Waals surface area contributed by atoms with Crippen molar-refractivity contribution < 1.29 is 13.5 Å². The van der Waals surface area contributed by atoms with E-state index in [4.69, 9.17) is 10.00 Å². The number of hydrogen-bond acceptors (Lipinski definition) is 2. The lowest BCUT2D eigenvalue weighted by Gasteiger charge is -2.07. The van der Waals surface area contributed by atoms with Gasteiger partial charge in [0.05, 0.1) is 11.6 Å². The molecule has 4 heteroatoms. The van der Waals surface area contributed by atoms with E-state index in [9.17, 15) is 8.78 Å². The van der Waals surface area contributed by atoms with Crippen molar-refractivity contribution in [1.29, 1.82) is 5.26 Å². The van der Waals surface area contributed by atoms with Crippen molar-refractivity contribution in [2.24, 2.45) is 0 Å². The van der Waals surface area contributed by atoms with Crippen molar-refractivity contribution in [3.8, 4) is 11.8 Å². The Labute approximate surface area is 103 Å². The average molecular weight is 245 g/mol. The van der Waals surface area contributed by atoms with Crippen LogP contribution in [-0.2, 0) is 6.61 Å². The highest BCUT2D eigenvalue weighted by Gasteiger charge is 2.04. The molecule has 0 saturated carbocycles. The van der Waals surface area contributed by atoms with E-state index in [0.29, 0.717) is 11.3 Å². The molecule has 0 radical (unpaired) electrons. The maximum absolute atomic E-state index is 13.3. The third-order valence-corrected chi connectivity index (χ3v) is 2.37. The summed E-state index contributed by atoms with van der Waals surface area (Å²) in [7, 11) is 0. The quantitative estimate of drug-likeness (QED) is 0.830. The Morgan fingerprint density at radius 2 is 1.94 bits per heavy atom. The lowest BCUT2D eigenvalue weighted by Crippen LogP contribution is -1.99. The summed E-state index contributed by atoms with van der Waals surface area (Å²) in [6.45, 7) is -0.0129. The Morgan fingerprint density at radius 1 is 1.11 bits per heavy atom. The molecule has 0 saturated heterocycles. The minimum Gasteiger partial charge on any atom is -0.489 e. The fraction of sp³-hybridized carbons (Fsp3) is 0.0714. The second-order valence-electron chi connectivity index (χ2n) is 3.66. The number of rotatable bonds is 3. The summed E-state index contributed by atoms with van der Waals surface area (Å²) in [5.74, 6) is -0.799. The minimum atomic E-state index is -0.647. The normalized spacial score (nSPS) is 9.83. The van der Waals surface area contributed by atoms with Gasteiger partial charge in [-0.25, -0.2) is 8.78 Å². The van der Waals surface area contributed by atoms with Crippen LogP contribution in [0.3, 0.4) is 0 Å². The molecule has 0 aromatic heterocycles. The Balaban J connectivity index is 2.09. The molecule has 0 atom stereocenters. The molecule has 2 rings (SSSR count). The first-order valence-electron chi connectivity index (χ1n) is 5.26. The van der Waals surface area contributed by atoms with Crippen molar-refractivity contribution in [1.82, 2.24) is 0 Å². The third-order valence-electron chi connectivity index (χ3n) is 2.37. The van der Waals surface area contributed by atoms with Gasteiger partial charge in [-0.15, -0.1) is 0 Å². The van der Waals surface area contributed by atoms with Crippen molar-refractivity contribution in [3.63, 3.8) is 0 Å². The summed E-state index contributed by atoms with van der Waals surface area (Å²) in [4.78, 5) is 0. The molecule has 0 amide bonds. The van der Waals surface area contributed by atoms with Gasteiger partial charge in [-0.3, -0.25) is 0 Å². The van der Waals surface area contributed by atoms with E-state index < -0.39 is 11.6 Å². The fourth-order valence-electron chi connectivity index (χ4n) is 1.46. The highest BCUT2D eigenvalue weighted by Crippen LogP contribution is 2.16. The van der Waals surface area contributed by atoms with Crippen molar-refractivity contribution in [3.05, 3.63) is 65.2 Å². The van der Waals surface area contributed by atoms with Gasteiger partial charge in [0.15, 0.2) is 0 Å². The molecule has 0 aliphatic rings. The first-order chi connectivity index (χ1) is 8.69. The van der Waals surface area contributed by atoms with Crippen LogP contribution in [0.15, 0.2) is 42.5 Å². The number of hydrogen-bond donors (Lipinski definition) is 0. The van der Waals surface area contributed by atoms with Crippen LogP contribution in [0.5, 0.6) is 5.75 Å². The van der Waals surface area contributed by atoms with Crippen LogP contribution in [0, 0.1) is 23.0 Å². The topological polar surface area (TPSA) is 33.0 Å². The molecular formula is C14H9F2NO. The van der Waals surface area contributed by atoms with Gasteiger partial charge in [0.1, 0.15) is 24.0 Å². The first kappa shape index (κ1) is 12.1. The molecule has 0 aliphatic carbocycles. The largest absolute Gasteiger partial charge is 0.489 e. The second-order valence-corrected chi connectivity index (χ2v) is 3.66. The molecular weight excluding hydrogens is 236 g/mol. The Kier molecular flexibility index (Phi) is 3.54. The highest BCUT2D eigenvalue weighted by molar-refractivity contribution is 5.36. The predicted octanol–water partition coefficient (Wildman–Crippen LogP) is 3.42. The van der Waals surface area contributed by atoms with Crippen molar-refractivity contribution >= 4 is 0 Å². The predicted molar refractivity (Wildman–Crippen MR) is 61.8 cm³/mol. The van der Waals surface area contributed by atoms with Gasteiger partial charge in [-0.05, 0) is 30.3 Å². The Hall–Kier alpha value is -2.41. The van der Waals surface area contributed by atoms with E-state index in [2.05, 4.69) is 0 Å². The molecule has 0 fully saturated rings. The van der Waals surface area contributed by atoms with Gasteiger partial charge < -0.3 is 4.74 Å². The summed E-state index contributed by atoms with van der Waals surface area (Å²) < 4.78 is 31.4. The summed E-state index contributed by atoms with van der Waals surface area (Å²) in [6, 6.07) is 11.8. The molecule has 0 unspecified atom stereocenters. The zero-order chi connectivity index (χ0) is 13.0. The molecule has 2 nitrogen and oxygen atoms in total. The Bertz CT molecular complexity index is 605. The van der Waals surface area contributed by atoms with Crippen LogP contribution in [0.2, 0.25) is 0 Å². The van der Waals surface area contributed by atoms with E-state index >= 15 is 0 Å². The van der Waals surface area contributed by atoms with Gasteiger partial charge in [0.25, 0.3) is 0 Å². The first-order valence-corrected chi connectivity index (χ1v) is 5.26. The maximum atomic E-state index is 13.3. The lowest BCUT2D eigenvalue weighted by molar-refractivity contribution is 0.299. The van der Waals surface area contributed by atoms with Crippen LogP contribution >= 0.6 is 0 Å². The molecule has 0 N–H and O–H groups in total. The molecule has 0 bridgehead atoms. The van der Waals surface area contributed by atoms with Gasteiger partial charge in [0, 0.05) is 11.6 Å². The summed E-state index contributed by atoms with van der Waals surface area (Å²) >= 11 is 0. The highest BCUT2D eigenvalue weighted by atomic mass is 19.1. The molecule has 90 valence electrons. The van der Waals surface area contributed by atoms with E-state index in [1.807, 2.05) is 6.07 Å². The van der Waals surface area contributed by atoms with Crippen LogP contribution in [0.1, 0.15) is 11.1 Å². The molecule has 18 heavy (non-hydrogen) atoms. The number of halogens is 2. The molecule has 0 aliphatic heterocycles. The van der Waals surface area contributed by atoms with E-state index in [1.165, 1.54) is 12.1 Å². The zero-order valence-corrected chi connectivity index (χ0v) is 9.36. The van der Waals surface area contributed by atoms with Crippen LogP contribution in [0.25, 0.3) is 0 Å². The minimum absolute atomic E-state index is 0.0129. The van der Waals surface area contributed by atoms with Crippen molar-refractivity contribution in [2.45, 2.75) is 6.61 Å².